The molecule has 1 amide bonds. The van der Waals surface area contributed by atoms with E-state index in [2.05, 4.69) is 10.3 Å². The molecule has 2 aromatic rings. The van der Waals surface area contributed by atoms with Gasteiger partial charge in [0.15, 0.2) is 6.29 Å². The van der Waals surface area contributed by atoms with Crippen molar-refractivity contribution in [1.29, 1.82) is 0 Å². The lowest BCUT2D eigenvalue weighted by Gasteiger charge is -2.05. The van der Waals surface area contributed by atoms with Crippen LogP contribution in [0.25, 0.3) is 0 Å². The van der Waals surface area contributed by atoms with Crippen LogP contribution in [0.3, 0.4) is 0 Å². The van der Waals surface area contributed by atoms with Gasteiger partial charge in [-0.3, -0.25) is 9.59 Å². The molecule has 0 fully saturated rings. The topological polar surface area (TPSA) is 88.0 Å². The second kappa shape index (κ2) is 4.93. The number of aromatic nitrogens is 1. The third kappa shape index (κ3) is 2.52. The molecule has 6 heteroatoms. The molecule has 1 heterocycles. The molecule has 0 aliphatic heterocycles. The van der Waals surface area contributed by atoms with Gasteiger partial charge in [-0.2, -0.15) is 0 Å². The molecule has 0 unspecified atom stereocenters. The van der Waals surface area contributed by atoms with Crippen molar-refractivity contribution in [3.05, 3.63) is 46.7 Å². The van der Waals surface area contributed by atoms with E-state index < -0.39 is 0 Å². The number of aldehydes is 1. The number of anilines is 2. The Hall–Kier alpha value is -2.27. The normalized spacial score (nSPS) is 10.1. The van der Waals surface area contributed by atoms with Gasteiger partial charge in [0, 0.05) is 17.4 Å². The van der Waals surface area contributed by atoms with E-state index in [9.17, 15) is 9.59 Å². The largest absolute Gasteiger partial charge is 0.398 e. The van der Waals surface area contributed by atoms with Crippen molar-refractivity contribution in [2.75, 3.05) is 11.1 Å². The summed E-state index contributed by atoms with van der Waals surface area (Å²) < 4.78 is 0. The summed E-state index contributed by atoms with van der Waals surface area (Å²) in [5.74, 6) is -0.357. The Labute approximate surface area is 108 Å². The highest BCUT2D eigenvalue weighted by Gasteiger charge is 2.09. The van der Waals surface area contributed by atoms with Crippen LogP contribution in [-0.4, -0.2) is 17.2 Å². The number of amides is 1. The first-order chi connectivity index (χ1) is 8.60. The van der Waals surface area contributed by atoms with Crippen LogP contribution >= 0.6 is 11.6 Å². The number of halogens is 1. The Morgan fingerprint density at radius 3 is 2.78 bits per heavy atom. The number of benzene rings is 1. The number of carbonyl (C=O) groups excluding carboxylic acids is 2. The Morgan fingerprint density at radius 1 is 1.39 bits per heavy atom. The Morgan fingerprint density at radius 2 is 2.17 bits per heavy atom. The number of nitrogen functional groups attached to an aromatic ring is 1. The first-order valence-corrected chi connectivity index (χ1v) is 5.48. The number of hydrogen-bond acceptors (Lipinski definition) is 3. The van der Waals surface area contributed by atoms with Crippen molar-refractivity contribution in [1.82, 2.24) is 4.98 Å². The van der Waals surface area contributed by atoms with E-state index in [1.54, 1.807) is 18.2 Å². The molecule has 1 aromatic heterocycles. The lowest BCUT2D eigenvalue weighted by atomic mass is 10.2. The fourth-order valence-electron chi connectivity index (χ4n) is 1.41. The highest BCUT2D eigenvalue weighted by Crippen LogP contribution is 2.22. The fraction of sp³-hybridized carbons (Fsp3) is 0. The van der Waals surface area contributed by atoms with Gasteiger partial charge in [-0.1, -0.05) is 11.6 Å². The summed E-state index contributed by atoms with van der Waals surface area (Å²) in [4.78, 5) is 25.0. The van der Waals surface area contributed by atoms with Gasteiger partial charge < -0.3 is 16.0 Å². The third-order valence-corrected chi connectivity index (χ3v) is 2.67. The zero-order chi connectivity index (χ0) is 13.1. The van der Waals surface area contributed by atoms with Crippen molar-refractivity contribution in [3.63, 3.8) is 0 Å². The first kappa shape index (κ1) is 12.2. The van der Waals surface area contributed by atoms with E-state index in [0.29, 0.717) is 33.9 Å². The van der Waals surface area contributed by atoms with E-state index in [1.165, 1.54) is 12.3 Å². The van der Waals surface area contributed by atoms with Crippen molar-refractivity contribution < 1.29 is 9.59 Å². The quantitative estimate of drug-likeness (QED) is 0.586. The number of rotatable bonds is 3. The summed E-state index contributed by atoms with van der Waals surface area (Å²) in [6.07, 6.45) is 2.12. The molecule has 0 aliphatic rings. The van der Waals surface area contributed by atoms with Crippen molar-refractivity contribution in [3.8, 4) is 0 Å². The lowest BCUT2D eigenvalue weighted by molar-refractivity contribution is 0.102. The van der Waals surface area contributed by atoms with E-state index in [-0.39, 0.29) is 5.91 Å². The van der Waals surface area contributed by atoms with Gasteiger partial charge in [0.2, 0.25) is 0 Å². The molecular formula is C12H10ClN3O2. The van der Waals surface area contributed by atoms with Crippen molar-refractivity contribution >= 4 is 35.2 Å². The predicted octanol–water partition coefficient (Wildman–Crippen LogP) is 2.32. The molecule has 2 rings (SSSR count). The molecule has 1 aromatic carbocycles. The Bertz CT molecular complexity index is 607. The molecule has 0 atom stereocenters. The van der Waals surface area contributed by atoms with Crippen LogP contribution in [0, 0.1) is 0 Å². The second-order valence-electron chi connectivity index (χ2n) is 3.65. The second-order valence-corrected chi connectivity index (χ2v) is 4.06. The Kier molecular flexibility index (Phi) is 3.34. The van der Waals surface area contributed by atoms with Crippen LogP contribution in [0.4, 0.5) is 11.4 Å². The van der Waals surface area contributed by atoms with Gasteiger partial charge in [-0.15, -0.1) is 0 Å². The zero-order valence-corrected chi connectivity index (χ0v) is 9.99. The number of carbonyl (C=O) groups is 2. The number of nitrogens with one attached hydrogen (secondary N) is 2. The van der Waals surface area contributed by atoms with Gasteiger partial charge in [-0.05, 0) is 24.3 Å². The fourth-order valence-corrected chi connectivity index (χ4v) is 1.59. The maximum absolute atomic E-state index is 11.8. The minimum atomic E-state index is -0.357. The molecule has 5 nitrogen and oxygen atoms in total. The predicted molar refractivity (Wildman–Crippen MR) is 70.0 cm³/mol. The highest BCUT2D eigenvalue weighted by molar-refractivity contribution is 6.33. The molecule has 0 bridgehead atoms. The van der Waals surface area contributed by atoms with Crippen molar-refractivity contribution in [2.24, 2.45) is 0 Å². The van der Waals surface area contributed by atoms with Gasteiger partial charge in [-0.25, -0.2) is 0 Å². The summed E-state index contributed by atoms with van der Waals surface area (Å²) in [6, 6.07) is 6.26. The summed E-state index contributed by atoms with van der Waals surface area (Å²) in [7, 11) is 0. The standard InChI is InChI=1S/C12H10ClN3O2/c13-9-4-8(1-2-10(9)14)16-12(18)11-3-7(6-17)5-15-11/h1-6,15H,14H2,(H,16,18). The first-order valence-electron chi connectivity index (χ1n) is 5.10. The Balaban J connectivity index is 2.15. The molecule has 18 heavy (non-hydrogen) atoms. The lowest BCUT2D eigenvalue weighted by Crippen LogP contribution is -2.12. The highest BCUT2D eigenvalue weighted by atomic mass is 35.5. The molecule has 0 aliphatic carbocycles. The molecule has 0 radical (unpaired) electrons. The summed E-state index contributed by atoms with van der Waals surface area (Å²) in [5, 5.41) is 3.01. The maximum atomic E-state index is 11.8. The monoisotopic (exact) mass is 263 g/mol. The number of hydrogen-bond donors (Lipinski definition) is 3. The molecule has 0 saturated heterocycles. The summed E-state index contributed by atoms with van der Waals surface area (Å²) in [5.41, 5.74) is 7.24. The summed E-state index contributed by atoms with van der Waals surface area (Å²) >= 11 is 5.84. The van der Waals surface area contributed by atoms with Gasteiger partial charge in [0.1, 0.15) is 5.69 Å². The summed E-state index contributed by atoms with van der Waals surface area (Å²) in [6.45, 7) is 0. The van der Waals surface area contributed by atoms with Gasteiger partial charge in [0.25, 0.3) is 5.91 Å². The molecule has 0 saturated carbocycles. The number of nitrogens with two attached hydrogens (primary N) is 1. The van der Waals surface area contributed by atoms with E-state index in [1.807, 2.05) is 0 Å². The minimum Gasteiger partial charge on any atom is -0.398 e. The van der Waals surface area contributed by atoms with Crippen LogP contribution in [0.1, 0.15) is 20.8 Å². The number of H-pyrrole nitrogens is 1. The smallest absolute Gasteiger partial charge is 0.272 e. The van der Waals surface area contributed by atoms with Gasteiger partial charge in [0.05, 0.1) is 10.7 Å². The zero-order valence-electron chi connectivity index (χ0n) is 9.24. The average molecular weight is 264 g/mol. The molecular weight excluding hydrogens is 254 g/mol. The number of aromatic amines is 1. The van der Waals surface area contributed by atoms with Crippen LogP contribution in [0.15, 0.2) is 30.5 Å². The maximum Gasteiger partial charge on any atom is 0.272 e. The average Bonchev–Trinajstić information content (AvgIpc) is 2.82. The van der Waals surface area contributed by atoms with Crippen LogP contribution in [0.5, 0.6) is 0 Å². The van der Waals surface area contributed by atoms with Crippen LogP contribution in [0.2, 0.25) is 5.02 Å². The molecule has 0 spiro atoms. The van der Waals surface area contributed by atoms with Crippen LogP contribution < -0.4 is 11.1 Å². The van der Waals surface area contributed by atoms with E-state index >= 15 is 0 Å². The molecule has 4 N–H and O–H groups in total. The van der Waals surface area contributed by atoms with E-state index in [0.717, 1.165) is 0 Å². The van der Waals surface area contributed by atoms with Gasteiger partial charge >= 0.3 is 0 Å². The van der Waals surface area contributed by atoms with Crippen LogP contribution in [-0.2, 0) is 0 Å². The van der Waals surface area contributed by atoms with Crippen molar-refractivity contribution in [2.45, 2.75) is 0 Å². The third-order valence-electron chi connectivity index (χ3n) is 2.34. The molecule has 92 valence electrons. The van der Waals surface area contributed by atoms with E-state index in [4.69, 9.17) is 17.3 Å². The SMILES string of the molecule is Nc1ccc(NC(=O)c2cc(C=O)c[nH]2)cc1Cl. The minimum absolute atomic E-state index is 0.296.